The first-order chi connectivity index (χ1) is 7.16. The standard InChI is InChI=1S/C9H10ClN5/c1-15(2)5-12-9-13-6-3-4-11-7(6)8(10)14-9/h3-5,11H,1-2H3. The van der Waals surface area contributed by atoms with Gasteiger partial charge in [0.2, 0.25) is 0 Å². The molecule has 1 N–H and O–H groups in total. The Morgan fingerprint density at radius 3 is 3.00 bits per heavy atom. The van der Waals surface area contributed by atoms with Crippen LogP contribution in [-0.4, -0.2) is 40.3 Å². The smallest absolute Gasteiger partial charge is 0.252 e. The molecule has 0 aliphatic heterocycles. The third kappa shape index (κ3) is 2.07. The zero-order valence-electron chi connectivity index (χ0n) is 8.40. The number of hydrogen-bond acceptors (Lipinski definition) is 3. The van der Waals surface area contributed by atoms with Crippen molar-refractivity contribution in [2.24, 2.45) is 4.99 Å². The van der Waals surface area contributed by atoms with Crippen molar-refractivity contribution < 1.29 is 0 Å². The topological polar surface area (TPSA) is 57.2 Å². The molecular weight excluding hydrogens is 214 g/mol. The van der Waals surface area contributed by atoms with Crippen molar-refractivity contribution >= 4 is 34.9 Å². The van der Waals surface area contributed by atoms with Crippen LogP contribution in [0.3, 0.4) is 0 Å². The summed E-state index contributed by atoms with van der Waals surface area (Å²) in [6.45, 7) is 0. The molecule has 78 valence electrons. The largest absolute Gasteiger partial charge is 0.369 e. The Morgan fingerprint density at radius 2 is 2.27 bits per heavy atom. The Kier molecular flexibility index (Phi) is 2.55. The highest BCUT2D eigenvalue weighted by molar-refractivity contribution is 6.33. The van der Waals surface area contributed by atoms with Crippen LogP contribution in [0, 0.1) is 0 Å². The Balaban J connectivity index is 2.45. The molecule has 2 rings (SSSR count). The van der Waals surface area contributed by atoms with E-state index in [9.17, 15) is 0 Å². The Labute approximate surface area is 91.8 Å². The average molecular weight is 224 g/mol. The molecule has 0 amide bonds. The van der Waals surface area contributed by atoms with Crippen LogP contribution in [-0.2, 0) is 0 Å². The first-order valence-electron chi connectivity index (χ1n) is 4.38. The highest BCUT2D eigenvalue weighted by atomic mass is 35.5. The van der Waals surface area contributed by atoms with Gasteiger partial charge in [0.1, 0.15) is 5.52 Å². The number of fused-ring (bicyclic) bond motifs is 1. The van der Waals surface area contributed by atoms with Gasteiger partial charge >= 0.3 is 0 Å². The molecule has 0 saturated heterocycles. The van der Waals surface area contributed by atoms with Gasteiger partial charge in [0, 0.05) is 20.3 Å². The van der Waals surface area contributed by atoms with E-state index in [1.54, 1.807) is 17.4 Å². The Hall–Kier alpha value is -1.62. The second-order valence-electron chi connectivity index (χ2n) is 3.26. The van der Waals surface area contributed by atoms with E-state index in [0.29, 0.717) is 11.1 Å². The highest BCUT2D eigenvalue weighted by Gasteiger charge is 2.04. The van der Waals surface area contributed by atoms with Crippen molar-refractivity contribution in [1.29, 1.82) is 0 Å². The quantitative estimate of drug-likeness (QED) is 0.480. The maximum absolute atomic E-state index is 5.95. The van der Waals surface area contributed by atoms with Gasteiger partial charge in [-0.05, 0) is 6.07 Å². The summed E-state index contributed by atoms with van der Waals surface area (Å²) in [6.07, 6.45) is 3.40. The molecule has 2 heterocycles. The van der Waals surface area contributed by atoms with Crippen molar-refractivity contribution in [3.8, 4) is 0 Å². The van der Waals surface area contributed by atoms with E-state index < -0.39 is 0 Å². The molecule has 0 aromatic carbocycles. The number of nitrogens with one attached hydrogen (secondary N) is 1. The number of H-pyrrole nitrogens is 1. The van der Waals surface area contributed by atoms with Gasteiger partial charge < -0.3 is 9.88 Å². The predicted octanol–water partition coefficient (Wildman–Crippen LogP) is 1.83. The van der Waals surface area contributed by atoms with Crippen molar-refractivity contribution in [2.45, 2.75) is 0 Å². The van der Waals surface area contributed by atoms with Gasteiger partial charge in [0.05, 0.1) is 11.9 Å². The van der Waals surface area contributed by atoms with E-state index in [-0.39, 0.29) is 0 Å². The summed E-state index contributed by atoms with van der Waals surface area (Å²) in [5, 5.41) is 0.385. The molecule has 0 spiro atoms. The summed E-state index contributed by atoms with van der Waals surface area (Å²) in [5.41, 5.74) is 1.50. The van der Waals surface area contributed by atoms with Crippen LogP contribution in [0.15, 0.2) is 17.3 Å². The lowest BCUT2D eigenvalue weighted by Gasteiger charge is -2.01. The van der Waals surface area contributed by atoms with E-state index in [2.05, 4.69) is 19.9 Å². The van der Waals surface area contributed by atoms with Crippen LogP contribution in [0.5, 0.6) is 0 Å². The summed E-state index contributed by atoms with van der Waals surface area (Å²) in [6, 6.07) is 1.83. The van der Waals surface area contributed by atoms with Crippen molar-refractivity contribution in [3.63, 3.8) is 0 Å². The Morgan fingerprint density at radius 1 is 1.47 bits per heavy atom. The number of hydrogen-bond donors (Lipinski definition) is 1. The number of halogens is 1. The van der Waals surface area contributed by atoms with Gasteiger partial charge in [0.25, 0.3) is 5.95 Å². The average Bonchev–Trinajstić information content (AvgIpc) is 2.63. The van der Waals surface area contributed by atoms with Gasteiger partial charge in [0.15, 0.2) is 5.15 Å². The van der Waals surface area contributed by atoms with Gasteiger partial charge in [-0.2, -0.15) is 4.98 Å². The lowest BCUT2D eigenvalue weighted by Crippen LogP contribution is -2.07. The van der Waals surface area contributed by atoms with E-state index in [4.69, 9.17) is 11.6 Å². The minimum absolute atomic E-state index is 0.362. The fraction of sp³-hybridized carbons (Fsp3) is 0.222. The van der Waals surface area contributed by atoms with E-state index >= 15 is 0 Å². The number of aromatic amines is 1. The van der Waals surface area contributed by atoms with Crippen LogP contribution in [0.2, 0.25) is 5.15 Å². The summed E-state index contributed by atoms with van der Waals surface area (Å²) >= 11 is 5.95. The van der Waals surface area contributed by atoms with Crippen LogP contribution in [0.1, 0.15) is 0 Å². The molecule has 0 aliphatic carbocycles. The van der Waals surface area contributed by atoms with E-state index in [1.807, 2.05) is 20.2 Å². The molecular formula is C9H10ClN5. The number of aliphatic imine (C=N–C) groups is 1. The number of aromatic nitrogens is 3. The minimum atomic E-state index is 0.362. The molecule has 0 atom stereocenters. The lowest BCUT2D eigenvalue weighted by molar-refractivity contribution is 0.642. The molecule has 0 fully saturated rings. The second kappa shape index (κ2) is 3.86. The highest BCUT2D eigenvalue weighted by Crippen LogP contribution is 2.20. The summed E-state index contributed by atoms with van der Waals surface area (Å²) in [5.74, 6) is 0.362. The van der Waals surface area contributed by atoms with Gasteiger partial charge in [-0.1, -0.05) is 11.6 Å². The predicted molar refractivity (Wildman–Crippen MR) is 60.7 cm³/mol. The third-order valence-electron chi connectivity index (χ3n) is 1.75. The molecule has 0 unspecified atom stereocenters. The van der Waals surface area contributed by atoms with Crippen molar-refractivity contribution in [1.82, 2.24) is 19.9 Å². The zero-order valence-corrected chi connectivity index (χ0v) is 9.15. The maximum atomic E-state index is 5.95. The summed E-state index contributed by atoms with van der Waals surface area (Å²) in [4.78, 5) is 17.1. The van der Waals surface area contributed by atoms with E-state index in [1.165, 1.54) is 0 Å². The van der Waals surface area contributed by atoms with E-state index in [0.717, 1.165) is 11.0 Å². The molecule has 2 aromatic rings. The molecule has 5 nitrogen and oxygen atoms in total. The number of nitrogens with zero attached hydrogens (tertiary/aromatic N) is 4. The lowest BCUT2D eigenvalue weighted by atomic mass is 10.5. The maximum Gasteiger partial charge on any atom is 0.252 e. The minimum Gasteiger partial charge on any atom is -0.369 e. The first-order valence-corrected chi connectivity index (χ1v) is 4.76. The normalized spacial score (nSPS) is 11.4. The molecule has 15 heavy (non-hydrogen) atoms. The zero-order chi connectivity index (χ0) is 10.8. The molecule has 0 saturated carbocycles. The molecule has 0 radical (unpaired) electrons. The number of rotatable bonds is 2. The van der Waals surface area contributed by atoms with Crippen molar-refractivity contribution in [2.75, 3.05) is 14.1 Å². The van der Waals surface area contributed by atoms with Gasteiger partial charge in [-0.15, -0.1) is 0 Å². The second-order valence-corrected chi connectivity index (χ2v) is 3.62. The van der Waals surface area contributed by atoms with Crippen LogP contribution in [0.25, 0.3) is 11.0 Å². The fourth-order valence-corrected chi connectivity index (χ4v) is 1.35. The first kappa shape index (κ1) is 9.92. The van der Waals surface area contributed by atoms with Crippen molar-refractivity contribution in [3.05, 3.63) is 17.4 Å². The Bertz CT molecular complexity index is 502. The fourth-order valence-electron chi connectivity index (χ4n) is 1.12. The van der Waals surface area contributed by atoms with Gasteiger partial charge in [-0.25, -0.2) is 9.98 Å². The summed E-state index contributed by atoms with van der Waals surface area (Å²) < 4.78 is 0. The summed E-state index contributed by atoms with van der Waals surface area (Å²) in [7, 11) is 3.75. The van der Waals surface area contributed by atoms with Crippen LogP contribution in [0.4, 0.5) is 5.95 Å². The van der Waals surface area contributed by atoms with Crippen LogP contribution < -0.4 is 0 Å². The monoisotopic (exact) mass is 223 g/mol. The van der Waals surface area contributed by atoms with Crippen LogP contribution >= 0.6 is 11.6 Å². The molecule has 0 aliphatic rings. The molecule has 0 bridgehead atoms. The SMILES string of the molecule is CN(C)C=Nc1nc(Cl)c2[nH]ccc2n1. The van der Waals surface area contributed by atoms with Gasteiger partial charge in [-0.3, -0.25) is 0 Å². The third-order valence-corrected chi connectivity index (χ3v) is 2.03. The molecule has 2 aromatic heterocycles. The molecule has 6 heteroatoms.